The van der Waals surface area contributed by atoms with Crippen molar-refractivity contribution in [2.75, 3.05) is 25.0 Å². The number of hydrogen-bond donors (Lipinski definition) is 3. The molecule has 27 heavy (non-hydrogen) atoms. The topological polar surface area (TPSA) is 113 Å². The third kappa shape index (κ3) is 4.57. The van der Waals surface area contributed by atoms with Gasteiger partial charge in [-0.2, -0.15) is 0 Å². The first-order valence-corrected chi connectivity index (χ1v) is 8.39. The highest BCUT2D eigenvalue weighted by Crippen LogP contribution is 2.32. The van der Waals surface area contributed by atoms with E-state index in [9.17, 15) is 14.4 Å². The van der Waals surface area contributed by atoms with E-state index in [4.69, 9.17) is 9.15 Å². The van der Waals surface area contributed by atoms with Crippen molar-refractivity contribution in [2.45, 2.75) is 12.6 Å². The third-order valence-electron chi connectivity index (χ3n) is 3.99. The Kier molecular flexibility index (Phi) is 5.60. The summed E-state index contributed by atoms with van der Waals surface area (Å²) in [7, 11) is 1.52. The van der Waals surface area contributed by atoms with Crippen LogP contribution < -0.4 is 25.6 Å². The minimum Gasteiger partial charge on any atom is -0.477 e. The number of anilines is 1. The molecule has 0 aliphatic carbocycles. The van der Waals surface area contributed by atoms with Gasteiger partial charge in [0.15, 0.2) is 6.10 Å². The SMILES string of the molecule is CNC(=O)C1CN(CC(=O)NC(=O)NCc2ccco2)c2ccccc2O1. The van der Waals surface area contributed by atoms with Gasteiger partial charge in [-0.25, -0.2) is 4.79 Å². The smallest absolute Gasteiger partial charge is 0.321 e. The minimum absolute atomic E-state index is 0.0952. The van der Waals surface area contributed by atoms with Crippen molar-refractivity contribution >= 4 is 23.5 Å². The number of carbonyl (C=O) groups excluding carboxylic acids is 3. The number of fused-ring (bicyclic) bond motifs is 1. The van der Waals surface area contributed by atoms with Crippen LogP contribution in [0.4, 0.5) is 10.5 Å². The van der Waals surface area contributed by atoms with Gasteiger partial charge in [0.05, 0.1) is 31.6 Å². The summed E-state index contributed by atoms with van der Waals surface area (Å²) >= 11 is 0. The van der Waals surface area contributed by atoms with Crippen LogP contribution in [0.1, 0.15) is 5.76 Å². The molecule has 142 valence electrons. The highest BCUT2D eigenvalue weighted by molar-refractivity contribution is 5.96. The maximum atomic E-state index is 12.3. The Morgan fingerprint density at radius 1 is 1.19 bits per heavy atom. The van der Waals surface area contributed by atoms with E-state index in [-0.39, 0.29) is 25.5 Å². The molecule has 2 heterocycles. The van der Waals surface area contributed by atoms with Gasteiger partial charge in [0.2, 0.25) is 5.91 Å². The lowest BCUT2D eigenvalue weighted by atomic mass is 10.1. The lowest BCUT2D eigenvalue weighted by Crippen LogP contribution is -2.51. The number of nitrogens with zero attached hydrogens (tertiary/aromatic N) is 1. The van der Waals surface area contributed by atoms with Crippen LogP contribution in [0.15, 0.2) is 47.1 Å². The van der Waals surface area contributed by atoms with E-state index < -0.39 is 18.0 Å². The van der Waals surface area contributed by atoms with Gasteiger partial charge in [0.25, 0.3) is 5.91 Å². The summed E-state index contributed by atoms with van der Waals surface area (Å²) in [6.07, 6.45) is 0.754. The zero-order valence-electron chi connectivity index (χ0n) is 14.7. The molecular formula is C18H20N4O5. The molecule has 2 aromatic rings. The predicted molar refractivity (Wildman–Crippen MR) is 96.2 cm³/mol. The second-order valence-electron chi connectivity index (χ2n) is 5.88. The van der Waals surface area contributed by atoms with Crippen LogP contribution in [0, 0.1) is 0 Å². The van der Waals surface area contributed by atoms with Crippen LogP contribution in [0.3, 0.4) is 0 Å². The number of furan rings is 1. The Morgan fingerprint density at radius 3 is 2.74 bits per heavy atom. The van der Waals surface area contributed by atoms with Gasteiger partial charge >= 0.3 is 6.03 Å². The Labute approximate surface area is 155 Å². The Morgan fingerprint density at radius 2 is 2.00 bits per heavy atom. The van der Waals surface area contributed by atoms with Crippen molar-refractivity contribution in [3.63, 3.8) is 0 Å². The molecule has 0 radical (unpaired) electrons. The van der Waals surface area contributed by atoms with Crippen molar-refractivity contribution in [2.24, 2.45) is 0 Å². The minimum atomic E-state index is -0.745. The van der Waals surface area contributed by atoms with E-state index in [0.29, 0.717) is 17.2 Å². The summed E-state index contributed by atoms with van der Waals surface area (Å²) in [6.45, 7) is 0.269. The van der Waals surface area contributed by atoms with Gasteiger partial charge in [-0.1, -0.05) is 12.1 Å². The monoisotopic (exact) mass is 372 g/mol. The molecule has 9 nitrogen and oxygen atoms in total. The van der Waals surface area contributed by atoms with Gasteiger partial charge in [-0.15, -0.1) is 0 Å². The second-order valence-corrected chi connectivity index (χ2v) is 5.88. The van der Waals surface area contributed by atoms with E-state index in [1.54, 1.807) is 35.2 Å². The molecule has 0 saturated carbocycles. The average molecular weight is 372 g/mol. The normalized spacial score (nSPS) is 15.3. The van der Waals surface area contributed by atoms with Crippen LogP contribution in [0.25, 0.3) is 0 Å². The predicted octanol–water partition coefficient (Wildman–Crippen LogP) is 0.619. The van der Waals surface area contributed by atoms with E-state index in [1.165, 1.54) is 13.3 Å². The van der Waals surface area contributed by atoms with Gasteiger partial charge in [0.1, 0.15) is 11.5 Å². The molecule has 1 unspecified atom stereocenters. The number of rotatable bonds is 5. The molecule has 1 aromatic heterocycles. The molecule has 0 bridgehead atoms. The summed E-state index contributed by atoms with van der Waals surface area (Å²) in [5, 5.41) is 7.34. The molecule has 3 rings (SSSR count). The standard InChI is InChI=1S/C18H20N4O5/c1-19-17(24)15-10-22(13-6-2-3-7-14(13)27-15)11-16(23)21-18(25)20-9-12-5-4-8-26-12/h2-8,15H,9-11H2,1H3,(H,19,24)(H2,20,21,23,25). The van der Waals surface area contributed by atoms with Crippen molar-refractivity contribution in [3.05, 3.63) is 48.4 Å². The summed E-state index contributed by atoms with van der Waals surface area (Å²) in [6, 6.07) is 9.91. The number of hydrogen-bond acceptors (Lipinski definition) is 6. The van der Waals surface area contributed by atoms with Crippen molar-refractivity contribution in [3.8, 4) is 5.75 Å². The molecule has 0 fully saturated rings. The number of benzene rings is 1. The van der Waals surface area contributed by atoms with Crippen LogP contribution in [-0.2, 0) is 16.1 Å². The lowest BCUT2D eigenvalue weighted by molar-refractivity contribution is -0.127. The van der Waals surface area contributed by atoms with Gasteiger partial charge in [-0.05, 0) is 24.3 Å². The molecule has 9 heteroatoms. The quantitative estimate of drug-likeness (QED) is 0.709. The number of imide groups is 1. The maximum Gasteiger partial charge on any atom is 0.321 e. The van der Waals surface area contributed by atoms with Crippen LogP contribution in [-0.4, -0.2) is 44.1 Å². The highest BCUT2D eigenvalue weighted by atomic mass is 16.5. The van der Waals surface area contributed by atoms with E-state index in [1.807, 2.05) is 6.07 Å². The van der Waals surface area contributed by atoms with Gasteiger partial charge in [0, 0.05) is 7.05 Å². The summed E-state index contributed by atoms with van der Waals surface area (Å²) in [5.41, 5.74) is 0.684. The maximum absolute atomic E-state index is 12.3. The molecule has 0 spiro atoms. The van der Waals surface area contributed by atoms with E-state index in [0.717, 1.165) is 0 Å². The highest BCUT2D eigenvalue weighted by Gasteiger charge is 2.31. The molecule has 1 atom stereocenters. The number of urea groups is 1. The van der Waals surface area contributed by atoms with Crippen molar-refractivity contribution in [1.82, 2.24) is 16.0 Å². The Balaban J connectivity index is 1.60. The summed E-state index contributed by atoms with van der Waals surface area (Å²) in [4.78, 5) is 37.8. The number of nitrogens with one attached hydrogen (secondary N) is 3. The number of para-hydroxylation sites is 2. The van der Waals surface area contributed by atoms with E-state index in [2.05, 4.69) is 16.0 Å². The molecule has 1 aliphatic rings. The average Bonchev–Trinajstić information content (AvgIpc) is 3.19. The fourth-order valence-electron chi connectivity index (χ4n) is 2.72. The summed E-state index contributed by atoms with van der Waals surface area (Å²) in [5.74, 6) is 0.297. The molecular weight excluding hydrogens is 352 g/mol. The molecule has 0 saturated heterocycles. The first-order chi connectivity index (χ1) is 13.1. The summed E-state index contributed by atoms with van der Waals surface area (Å²) < 4.78 is 10.8. The van der Waals surface area contributed by atoms with Crippen LogP contribution >= 0.6 is 0 Å². The van der Waals surface area contributed by atoms with Gasteiger partial charge < -0.3 is 24.7 Å². The Bertz CT molecular complexity index is 821. The fraction of sp³-hybridized carbons (Fsp3) is 0.278. The van der Waals surface area contributed by atoms with E-state index >= 15 is 0 Å². The van der Waals surface area contributed by atoms with Crippen LogP contribution in [0.2, 0.25) is 0 Å². The fourth-order valence-corrected chi connectivity index (χ4v) is 2.72. The van der Waals surface area contributed by atoms with Gasteiger partial charge in [-0.3, -0.25) is 14.9 Å². The molecule has 1 aromatic carbocycles. The third-order valence-corrected chi connectivity index (χ3v) is 3.99. The molecule has 4 amide bonds. The first-order valence-electron chi connectivity index (χ1n) is 8.39. The van der Waals surface area contributed by atoms with Crippen molar-refractivity contribution < 1.29 is 23.5 Å². The lowest BCUT2D eigenvalue weighted by Gasteiger charge is -2.34. The number of likely N-dealkylation sites (N-methyl/N-ethyl adjacent to an activating group) is 1. The number of amides is 4. The Hall–Kier alpha value is -3.49. The largest absolute Gasteiger partial charge is 0.477 e. The molecule has 1 aliphatic heterocycles. The zero-order chi connectivity index (χ0) is 19.2. The number of carbonyl (C=O) groups is 3. The first kappa shape index (κ1) is 18.3. The second kappa shape index (κ2) is 8.26. The zero-order valence-corrected chi connectivity index (χ0v) is 14.7. The molecule has 3 N–H and O–H groups in total. The number of ether oxygens (including phenoxy) is 1. The van der Waals surface area contributed by atoms with Crippen LogP contribution in [0.5, 0.6) is 5.75 Å². The van der Waals surface area contributed by atoms with Crippen molar-refractivity contribution in [1.29, 1.82) is 0 Å².